The molecular formula is C17H22BrNS. The topological polar surface area (TPSA) is 12.0 Å². The molecule has 3 heteroatoms. The van der Waals surface area contributed by atoms with E-state index in [1.165, 1.54) is 22.0 Å². The Hall–Kier alpha value is -0.640. The van der Waals surface area contributed by atoms with Crippen LogP contribution in [0.1, 0.15) is 37.3 Å². The number of nitrogens with one attached hydrogen (secondary N) is 1. The summed E-state index contributed by atoms with van der Waals surface area (Å²) in [5.41, 5.74) is 2.87. The van der Waals surface area contributed by atoms with Crippen LogP contribution in [-0.4, -0.2) is 12.6 Å². The van der Waals surface area contributed by atoms with Crippen LogP contribution >= 0.6 is 27.3 Å². The van der Waals surface area contributed by atoms with Gasteiger partial charge in [-0.05, 0) is 52.8 Å². The van der Waals surface area contributed by atoms with Crippen molar-refractivity contribution < 1.29 is 0 Å². The highest BCUT2D eigenvalue weighted by Gasteiger charge is 2.14. The predicted octanol–water partition coefficient (Wildman–Crippen LogP) is 5.23. The smallest absolute Gasteiger partial charge is 0.0210 e. The number of halogens is 1. The molecule has 0 aliphatic heterocycles. The summed E-state index contributed by atoms with van der Waals surface area (Å²) in [6.45, 7) is 5.44. The van der Waals surface area contributed by atoms with Crippen LogP contribution in [0.4, 0.5) is 0 Å². The summed E-state index contributed by atoms with van der Waals surface area (Å²) in [5.74, 6) is 0.549. The average molecular weight is 352 g/mol. The molecule has 0 bridgehead atoms. The van der Waals surface area contributed by atoms with E-state index in [4.69, 9.17) is 0 Å². The molecule has 1 aromatic carbocycles. The van der Waals surface area contributed by atoms with E-state index in [1.807, 2.05) is 0 Å². The van der Waals surface area contributed by atoms with Gasteiger partial charge in [0.2, 0.25) is 0 Å². The van der Waals surface area contributed by atoms with Gasteiger partial charge in [-0.15, -0.1) is 0 Å². The van der Waals surface area contributed by atoms with Gasteiger partial charge in [0.15, 0.2) is 0 Å². The minimum absolute atomic E-state index is 0.529. The summed E-state index contributed by atoms with van der Waals surface area (Å²) in [7, 11) is 0. The number of benzene rings is 1. The Labute approximate surface area is 134 Å². The molecule has 1 nitrogen and oxygen atoms in total. The normalized spacial score (nSPS) is 12.8. The SMILES string of the molecule is CC(C)NCC(CCc1ccsc1)c1ccccc1Br. The second-order valence-corrected chi connectivity index (χ2v) is 7.09. The van der Waals surface area contributed by atoms with E-state index in [0.29, 0.717) is 12.0 Å². The fraction of sp³-hybridized carbons (Fsp3) is 0.412. The molecule has 108 valence electrons. The Morgan fingerprint density at radius 1 is 1.20 bits per heavy atom. The monoisotopic (exact) mass is 351 g/mol. The van der Waals surface area contributed by atoms with Crippen LogP contribution in [0.5, 0.6) is 0 Å². The van der Waals surface area contributed by atoms with Crippen LogP contribution in [0.2, 0.25) is 0 Å². The summed E-state index contributed by atoms with van der Waals surface area (Å²) in [6, 6.07) is 11.4. The third kappa shape index (κ3) is 4.72. The first kappa shape index (κ1) is 15.7. The van der Waals surface area contributed by atoms with Crippen molar-refractivity contribution in [2.24, 2.45) is 0 Å². The van der Waals surface area contributed by atoms with Crippen LogP contribution in [0, 0.1) is 0 Å². The van der Waals surface area contributed by atoms with Gasteiger partial charge in [0.25, 0.3) is 0 Å². The Morgan fingerprint density at radius 3 is 2.65 bits per heavy atom. The van der Waals surface area contributed by atoms with E-state index in [-0.39, 0.29) is 0 Å². The Bertz CT molecular complexity index is 507. The molecule has 0 aliphatic rings. The van der Waals surface area contributed by atoms with Crippen molar-refractivity contribution in [2.75, 3.05) is 6.54 Å². The minimum Gasteiger partial charge on any atom is -0.314 e. The molecule has 1 aromatic heterocycles. The second kappa shape index (κ2) is 7.96. The lowest BCUT2D eigenvalue weighted by atomic mass is 9.92. The Morgan fingerprint density at radius 2 is 2.00 bits per heavy atom. The van der Waals surface area contributed by atoms with Gasteiger partial charge in [0, 0.05) is 17.1 Å². The van der Waals surface area contributed by atoms with Crippen molar-refractivity contribution in [2.45, 2.75) is 38.6 Å². The molecule has 0 radical (unpaired) electrons. The zero-order chi connectivity index (χ0) is 14.4. The van der Waals surface area contributed by atoms with Crippen LogP contribution in [-0.2, 0) is 6.42 Å². The summed E-state index contributed by atoms with van der Waals surface area (Å²) >= 11 is 5.48. The third-order valence-electron chi connectivity index (χ3n) is 3.48. The standard InChI is InChI=1S/C17H22BrNS/c1-13(2)19-11-15(8-7-14-9-10-20-12-14)16-5-3-4-6-17(16)18/h3-6,9-10,12-13,15,19H,7-8,11H2,1-2H3. The Balaban J connectivity index is 2.05. The fourth-order valence-corrected chi connectivity index (χ4v) is 3.64. The predicted molar refractivity (Wildman–Crippen MR) is 92.7 cm³/mol. The van der Waals surface area contributed by atoms with E-state index < -0.39 is 0 Å². The summed E-state index contributed by atoms with van der Waals surface area (Å²) in [4.78, 5) is 0. The molecule has 0 saturated heterocycles. The van der Waals surface area contributed by atoms with Crippen molar-refractivity contribution in [3.63, 3.8) is 0 Å². The summed E-state index contributed by atoms with van der Waals surface area (Å²) in [6.07, 6.45) is 2.33. The van der Waals surface area contributed by atoms with E-state index >= 15 is 0 Å². The van der Waals surface area contributed by atoms with Crippen molar-refractivity contribution in [1.82, 2.24) is 5.32 Å². The molecule has 1 heterocycles. The van der Waals surface area contributed by atoms with E-state index in [2.05, 4.69) is 76.2 Å². The van der Waals surface area contributed by atoms with Crippen LogP contribution < -0.4 is 5.32 Å². The van der Waals surface area contributed by atoms with Gasteiger partial charge in [-0.3, -0.25) is 0 Å². The molecule has 0 amide bonds. The maximum Gasteiger partial charge on any atom is 0.0210 e. The van der Waals surface area contributed by atoms with Crippen molar-refractivity contribution in [3.05, 3.63) is 56.7 Å². The van der Waals surface area contributed by atoms with E-state index in [9.17, 15) is 0 Å². The van der Waals surface area contributed by atoms with Crippen LogP contribution in [0.25, 0.3) is 0 Å². The third-order valence-corrected chi connectivity index (χ3v) is 4.93. The minimum atomic E-state index is 0.529. The zero-order valence-corrected chi connectivity index (χ0v) is 14.5. The van der Waals surface area contributed by atoms with Gasteiger partial charge in [0.05, 0.1) is 0 Å². The van der Waals surface area contributed by atoms with Gasteiger partial charge in [-0.1, -0.05) is 48.0 Å². The number of hydrogen-bond donors (Lipinski definition) is 1. The molecule has 1 atom stereocenters. The highest BCUT2D eigenvalue weighted by molar-refractivity contribution is 9.10. The number of aryl methyl sites for hydroxylation is 1. The van der Waals surface area contributed by atoms with E-state index in [0.717, 1.165) is 13.0 Å². The lowest BCUT2D eigenvalue weighted by molar-refractivity contribution is 0.507. The molecule has 0 aliphatic carbocycles. The molecule has 1 N–H and O–H groups in total. The van der Waals surface area contributed by atoms with Crippen LogP contribution in [0.3, 0.4) is 0 Å². The van der Waals surface area contributed by atoms with Crippen molar-refractivity contribution in [3.8, 4) is 0 Å². The molecule has 2 rings (SSSR count). The molecule has 0 fully saturated rings. The average Bonchev–Trinajstić information content (AvgIpc) is 2.93. The summed E-state index contributed by atoms with van der Waals surface area (Å²) in [5, 5.41) is 8.00. The molecule has 2 aromatic rings. The van der Waals surface area contributed by atoms with Crippen molar-refractivity contribution in [1.29, 1.82) is 0 Å². The highest BCUT2D eigenvalue weighted by Crippen LogP contribution is 2.28. The molecule has 20 heavy (non-hydrogen) atoms. The second-order valence-electron chi connectivity index (χ2n) is 5.45. The fourth-order valence-electron chi connectivity index (χ4n) is 2.33. The molecule has 1 unspecified atom stereocenters. The Kier molecular flexibility index (Phi) is 6.27. The number of thiophene rings is 1. The first-order valence-electron chi connectivity index (χ1n) is 7.15. The molecule has 0 spiro atoms. The molecule has 0 saturated carbocycles. The van der Waals surface area contributed by atoms with Gasteiger partial charge in [-0.2, -0.15) is 11.3 Å². The van der Waals surface area contributed by atoms with Gasteiger partial charge in [-0.25, -0.2) is 0 Å². The first-order chi connectivity index (χ1) is 9.66. The lowest BCUT2D eigenvalue weighted by Gasteiger charge is -2.21. The van der Waals surface area contributed by atoms with Crippen LogP contribution in [0.15, 0.2) is 45.6 Å². The molecular weight excluding hydrogens is 330 g/mol. The quantitative estimate of drug-likeness (QED) is 0.720. The van der Waals surface area contributed by atoms with Gasteiger partial charge >= 0.3 is 0 Å². The zero-order valence-electron chi connectivity index (χ0n) is 12.1. The van der Waals surface area contributed by atoms with E-state index in [1.54, 1.807) is 11.3 Å². The number of hydrogen-bond acceptors (Lipinski definition) is 2. The van der Waals surface area contributed by atoms with Crippen molar-refractivity contribution >= 4 is 27.3 Å². The lowest BCUT2D eigenvalue weighted by Crippen LogP contribution is -2.28. The summed E-state index contributed by atoms with van der Waals surface area (Å²) < 4.78 is 1.22. The first-order valence-corrected chi connectivity index (χ1v) is 8.89. The largest absolute Gasteiger partial charge is 0.314 e. The maximum absolute atomic E-state index is 3.70. The highest BCUT2D eigenvalue weighted by atomic mass is 79.9. The maximum atomic E-state index is 3.70. The number of rotatable bonds is 7. The van der Waals surface area contributed by atoms with Gasteiger partial charge < -0.3 is 5.32 Å². The van der Waals surface area contributed by atoms with Gasteiger partial charge in [0.1, 0.15) is 0 Å².